The molecule has 1 aromatic carbocycles. The minimum absolute atomic E-state index is 0.0311. The van der Waals surface area contributed by atoms with E-state index in [1.165, 1.54) is 14.0 Å². The average molecular weight is 304 g/mol. The molecule has 2 rings (SSSR count). The summed E-state index contributed by atoms with van der Waals surface area (Å²) in [5, 5.41) is 3.92. The molecule has 22 heavy (non-hydrogen) atoms. The minimum Gasteiger partial charge on any atom is -0.493 e. The van der Waals surface area contributed by atoms with Crippen LogP contribution in [0, 0.1) is 0 Å². The van der Waals surface area contributed by atoms with Crippen molar-refractivity contribution >= 4 is 5.78 Å². The summed E-state index contributed by atoms with van der Waals surface area (Å²) in [5.41, 5.74) is 0.566. The molecule has 6 nitrogen and oxygen atoms in total. The van der Waals surface area contributed by atoms with Gasteiger partial charge in [0.15, 0.2) is 29.2 Å². The van der Waals surface area contributed by atoms with Crippen LogP contribution in [0.3, 0.4) is 0 Å². The van der Waals surface area contributed by atoms with E-state index in [4.69, 9.17) is 14.0 Å². The Morgan fingerprint density at radius 3 is 2.50 bits per heavy atom. The van der Waals surface area contributed by atoms with E-state index in [2.05, 4.69) is 10.1 Å². The fourth-order valence-electron chi connectivity index (χ4n) is 1.87. The number of ether oxygens (including phenoxy) is 2. The molecule has 0 N–H and O–H groups in total. The van der Waals surface area contributed by atoms with Gasteiger partial charge >= 0.3 is 0 Å². The number of carbonyl (C=O) groups excluding carboxylic acids is 1. The van der Waals surface area contributed by atoms with Gasteiger partial charge in [-0.05, 0) is 32.0 Å². The largest absolute Gasteiger partial charge is 0.493 e. The Bertz CT molecular complexity index is 664. The maximum atomic E-state index is 11.4. The van der Waals surface area contributed by atoms with E-state index in [0.29, 0.717) is 28.8 Å². The molecule has 0 fully saturated rings. The summed E-state index contributed by atoms with van der Waals surface area (Å²) in [7, 11) is 1.53. The van der Waals surface area contributed by atoms with E-state index in [1.54, 1.807) is 18.2 Å². The van der Waals surface area contributed by atoms with Crippen molar-refractivity contribution in [3.05, 3.63) is 35.5 Å². The normalized spacial score (nSPS) is 12.3. The molecule has 1 aromatic heterocycles. The predicted octanol–water partition coefficient (Wildman–Crippen LogP) is 3.54. The van der Waals surface area contributed by atoms with Crippen LogP contribution in [0.5, 0.6) is 11.5 Å². The fourth-order valence-corrected chi connectivity index (χ4v) is 1.87. The van der Waals surface area contributed by atoms with Gasteiger partial charge in [0.05, 0.1) is 7.11 Å². The lowest BCUT2D eigenvalue weighted by atomic mass is 10.1. The Labute approximate surface area is 129 Å². The molecule has 118 valence electrons. The number of hydrogen-bond donors (Lipinski definition) is 0. The molecule has 0 unspecified atom stereocenters. The van der Waals surface area contributed by atoms with Crippen molar-refractivity contribution in [1.29, 1.82) is 0 Å². The van der Waals surface area contributed by atoms with E-state index in [1.807, 2.05) is 20.8 Å². The second-order valence-electron chi connectivity index (χ2n) is 5.33. The van der Waals surface area contributed by atoms with Crippen LogP contribution in [0.15, 0.2) is 22.7 Å². The first kappa shape index (κ1) is 16.0. The molecular formula is C16H20N2O4. The van der Waals surface area contributed by atoms with Crippen LogP contribution in [0.1, 0.15) is 61.8 Å². The second kappa shape index (κ2) is 6.60. The number of hydrogen-bond acceptors (Lipinski definition) is 6. The van der Waals surface area contributed by atoms with Crippen LogP contribution in [-0.4, -0.2) is 23.0 Å². The number of ketones is 1. The molecule has 0 amide bonds. The van der Waals surface area contributed by atoms with Gasteiger partial charge in [-0.25, -0.2) is 0 Å². The lowest BCUT2D eigenvalue weighted by Gasteiger charge is -2.14. The zero-order valence-corrected chi connectivity index (χ0v) is 13.4. The molecule has 0 bridgehead atoms. The van der Waals surface area contributed by atoms with Crippen molar-refractivity contribution in [3.8, 4) is 11.5 Å². The lowest BCUT2D eigenvalue weighted by Crippen LogP contribution is -2.06. The summed E-state index contributed by atoms with van der Waals surface area (Å²) in [4.78, 5) is 15.7. The van der Waals surface area contributed by atoms with Gasteiger partial charge in [-0.2, -0.15) is 4.98 Å². The topological polar surface area (TPSA) is 74.5 Å². The van der Waals surface area contributed by atoms with Gasteiger partial charge in [0.1, 0.15) is 0 Å². The monoisotopic (exact) mass is 304 g/mol. The SMILES string of the molecule is COc1cc(C(C)=O)ccc1O[C@H](C)c1nc(C(C)C)no1. The molecule has 0 aliphatic heterocycles. The van der Waals surface area contributed by atoms with Crippen molar-refractivity contribution in [2.75, 3.05) is 7.11 Å². The van der Waals surface area contributed by atoms with Gasteiger partial charge in [-0.3, -0.25) is 4.79 Å². The van der Waals surface area contributed by atoms with E-state index in [9.17, 15) is 4.79 Å². The Morgan fingerprint density at radius 2 is 1.95 bits per heavy atom. The third-order valence-corrected chi connectivity index (χ3v) is 3.20. The maximum absolute atomic E-state index is 11.4. The first-order valence-electron chi connectivity index (χ1n) is 7.11. The lowest BCUT2D eigenvalue weighted by molar-refractivity contribution is 0.101. The maximum Gasteiger partial charge on any atom is 0.267 e. The predicted molar refractivity (Wildman–Crippen MR) is 80.4 cm³/mol. The van der Waals surface area contributed by atoms with Gasteiger partial charge in [0.25, 0.3) is 5.89 Å². The van der Waals surface area contributed by atoms with Gasteiger partial charge < -0.3 is 14.0 Å². The van der Waals surface area contributed by atoms with Crippen LogP contribution in [0.25, 0.3) is 0 Å². The van der Waals surface area contributed by atoms with Gasteiger partial charge in [-0.1, -0.05) is 19.0 Å². The van der Waals surface area contributed by atoms with Gasteiger partial charge in [0.2, 0.25) is 0 Å². The molecule has 0 spiro atoms. The molecule has 0 radical (unpaired) electrons. The first-order valence-corrected chi connectivity index (χ1v) is 7.11. The number of methoxy groups -OCH3 is 1. The van der Waals surface area contributed by atoms with Gasteiger partial charge in [-0.15, -0.1) is 0 Å². The molecule has 0 aliphatic carbocycles. The number of carbonyl (C=O) groups is 1. The smallest absolute Gasteiger partial charge is 0.267 e. The van der Waals surface area contributed by atoms with Crippen LogP contribution >= 0.6 is 0 Å². The number of nitrogens with zero attached hydrogens (tertiary/aromatic N) is 2. The highest BCUT2D eigenvalue weighted by molar-refractivity contribution is 5.94. The van der Waals surface area contributed by atoms with E-state index < -0.39 is 6.10 Å². The number of aromatic nitrogens is 2. The molecular weight excluding hydrogens is 284 g/mol. The van der Waals surface area contributed by atoms with Crippen molar-refractivity contribution in [3.63, 3.8) is 0 Å². The summed E-state index contributed by atoms with van der Waals surface area (Å²) >= 11 is 0. The fraction of sp³-hybridized carbons (Fsp3) is 0.438. The number of Topliss-reactive ketones (excluding diaryl/α,β-unsaturated/α-hetero) is 1. The minimum atomic E-state index is -0.419. The summed E-state index contributed by atoms with van der Waals surface area (Å²) in [6.45, 7) is 7.30. The zero-order valence-electron chi connectivity index (χ0n) is 13.4. The quantitative estimate of drug-likeness (QED) is 0.760. The van der Waals surface area contributed by atoms with E-state index >= 15 is 0 Å². The van der Waals surface area contributed by atoms with Crippen LogP contribution in [-0.2, 0) is 0 Å². The average Bonchev–Trinajstić information content (AvgIpc) is 2.97. The highest BCUT2D eigenvalue weighted by atomic mass is 16.5. The second-order valence-corrected chi connectivity index (χ2v) is 5.33. The van der Waals surface area contributed by atoms with E-state index in [-0.39, 0.29) is 11.7 Å². The van der Waals surface area contributed by atoms with Crippen molar-refractivity contribution in [2.24, 2.45) is 0 Å². The molecule has 1 heterocycles. The van der Waals surface area contributed by atoms with Crippen molar-refractivity contribution in [2.45, 2.75) is 39.7 Å². The van der Waals surface area contributed by atoms with Crippen molar-refractivity contribution < 1.29 is 18.8 Å². The Kier molecular flexibility index (Phi) is 4.80. The van der Waals surface area contributed by atoms with Crippen LogP contribution in [0.4, 0.5) is 0 Å². The third-order valence-electron chi connectivity index (χ3n) is 3.20. The summed E-state index contributed by atoms with van der Waals surface area (Å²) < 4.78 is 16.3. The molecule has 0 saturated carbocycles. The Hall–Kier alpha value is -2.37. The summed E-state index contributed by atoms with van der Waals surface area (Å²) in [6, 6.07) is 5.05. The zero-order chi connectivity index (χ0) is 16.3. The standard InChI is InChI=1S/C16H20N2O4/c1-9(2)15-17-16(22-18-15)11(4)21-13-7-6-12(10(3)19)8-14(13)20-5/h6-9,11H,1-5H3/t11-/m1/s1. The summed E-state index contributed by atoms with van der Waals surface area (Å²) in [5.74, 6) is 2.21. The van der Waals surface area contributed by atoms with Crippen LogP contribution in [0.2, 0.25) is 0 Å². The number of rotatable bonds is 6. The van der Waals surface area contributed by atoms with E-state index in [0.717, 1.165) is 0 Å². The number of benzene rings is 1. The summed E-state index contributed by atoms with van der Waals surface area (Å²) in [6.07, 6.45) is -0.419. The van der Waals surface area contributed by atoms with Crippen LogP contribution < -0.4 is 9.47 Å². The van der Waals surface area contributed by atoms with Gasteiger partial charge in [0, 0.05) is 11.5 Å². The highest BCUT2D eigenvalue weighted by Crippen LogP contribution is 2.32. The molecule has 6 heteroatoms. The third kappa shape index (κ3) is 3.44. The Morgan fingerprint density at radius 1 is 1.23 bits per heavy atom. The highest BCUT2D eigenvalue weighted by Gasteiger charge is 2.19. The first-order chi connectivity index (χ1) is 10.4. The molecule has 2 aromatic rings. The molecule has 0 saturated heterocycles. The van der Waals surface area contributed by atoms with Crippen molar-refractivity contribution in [1.82, 2.24) is 10.1 Å². The Balaban J connectivity index is 2.20. The molecule has 0 aliphatic rings. The molecule has 1 atom stereocenters.